The van der Waals surface area contributed by atoms with E-state index in [2.05, 4.69) is 10.2 Å². The predicted octanol–water partition coefficient (Wildman–Crippen LogP) is 3.67. The summed E-state index contributed by atoms with van der Waals surface area (Å²) in [4.78, 5) is 13.2. The maximum absolute atomic E-state index is 12.4. The third-order valence-corrected chi connectivity index (χ3v) is 4.76. The van der Waals surface area contributed by atoms with Crippen LogP contribution in [0.5, 0.6) is 17.2 Å². The lowest BCUT2D eigenvalue weighted by molar-refractivity contribution is -0.148. The van der Waals surface area contributed by atoms with E-state index in [0.717, 1.165) is 4.88 Å². The van der Waals surface area contributed by atoms with Gasteiger partial charge in [0.1, 0.15) is 0 Å². The number of carbonyl (C=O) groups excluding carboxylic acids is 1. The average Bonchev–Trinajstić information content (AvgIpc) is 3.38. The van der Waals surface area contributed by atoms with Gasteiger partial charge in [-0.3, -0.25) is 4.79 Å². The van der Waals surface area contributed by atoms with Crippen molar-refractivity contribution in [2.24, 2.45) is 0 Å². The van der Waals surface area contributed by atoms with Crippen molar-refractivity contribution >= 4 is 17.3 Å². The van der Waals surface area contributed by atoms with Crippen molar-refractivity contribution in [2.45, 2.75) is 19.4 Å². The van der Waals surface area contributed by atoms with Crippen LogP contribution in [0.1, 0.15) is 24.5 Å². The molecule has 0 N–H and O–H groups in total. The van der Waals surface area contributed by atoms with Crippen LogP contribution in [0.4, 0.5) is 0 Å². The second kappa shape index (κ2) is 8.75. The second-order valence-corrected chi connectivity index (χ2v) is 6.71. The van der Waals surface area contributed by atoms with Gasteiger partial charge >= 0.3 is 5.97 Å². The third-order valence-electron chi connectivity index (χ3n) is 3.90. The highest BCUT2D eigenvalue weighted by Gasteiger charge is 2.21. The van der Waals surface area contributed by atoms with Crippen LogP contribution in [0.2, 0.25) is 0 Å². The van der Waals surface area contributed by atoms with Gasteiger partial charge in [0, 0.05) is 0 Å². The maximum Gasteiger partial charge on any atom is 0.311 e. The Kier molecular flexibility index (Phi) is 6.15. The molecule has 0 fully saturated rings. The molecular weight excluding hydrogens is 384 g/mol. The number of aromatic nitrogens is 2. The molecule has 3 aromatic rings. The van der Waals surface area contributed by atoms with Crippen molar-refractivity contribution in [3.8, 4) is 28.0 Å². The molecule has 2 heterocycles. The smallest absolute Gasteiger partial charge is 0.311 e. The van der Waals surface area contributed by atoms with Gasteiger partial charge in [0.05, 0.1) is 32.6 Å². The summed E-state index contributed by atoms with van der Waals surface area (Å²) in [6.45, 7) is 1.68. The normalized spacial score (nSPS) is 11.7. The summed E-state index contributed by atoms with van der Waals surface area (Å²) in [5.74, 6) is 1.59. The summed E-state index contributed by atoms with van der Waals surface area (Å²) in [6, 6.07) is 7.18. The summed E-state index contributed by atoms with van der Waals surface area (Å²) in [7, 11) is 4.55. The molecule has 1 atom stereocenters. The Morgan fingerprint density at radius 2 is 1.86 bits per heavy atom. The lowest BCUT2D eigenvalue weighted by Crippen LogP contribution is -2.12. The van der Waals surface area contributed by atoms with Crippen molar-refractivity contribution in [1.82, 2.24) is 10.2 Å². The van der Waals surface area contributed by atoms with Gasteiger partial charge in [-0.05, 0) is 36.1 Å². The number of hydrogen-bond acceptors (Lipinski definition) is 9. The highest BCUT2D eigenvalue weighted by molar-refractivity contribution is 7.13. The van der Waals surface area contributed by atoms with Gasteiger partial charge in [0.25, 0.3) is 11.8 Å². The molecular formula is C19H20N2O6S. The average molecular weight is 404 g/mol. The Morgan fingerprint density at radius 3 is 2.43 bits per heavy atom. The lowest BCUT2D eigenvalue weighted by Gasteiger charge is -2.14. The quantitative estimate of drug-likeness (QED) is 0.525. The lowest BCUT2D eigenvalue weighted by atomic mass is 10.1. The SMILES string of the molecule is COc1cc(CC(=O)O[C@@H](C)c2nnc(-c3cccs3)o2)cc(OC)c1OC. The van der Waals surface area contributed by atoms with E-state index in [1.807, 2.05) is 17.5 Å². The van der Waals surface area contributed by atoms with E-state index in [1.165, 1.54) is 32.7 Å². The molecule has 3 rings (SSSR count). The molecule has 0 unspecified atom stereocenters. The van der Waals surface area contributed by atoms with E-state index in [-0.39, 0.29) is 12.3 Å². The van der Waals surface area contributed by atoms with Crippen LogP contribution in [0.3, 0.4) is 0 Å². The summed E-state index contributed by atoms with van der Waals surface area (Å²) in [6.07, 6.45) is -0.650. The van der Waals surface area contributed by atoms with Crippen molar-refractivity contribution < 1.29 is 28.2 Å². The number of ether oxygens (including phenoxy) is 4. The minimum absolute atomic E-state index is 0.0208. The molecule has 0 aliphatic carbocycles. The first-order valence-corrected chi connectivity index (χ1v) is 9.29. The highest BCUT2D eigenvalue weighted by atomic mass is 32.1. The fourth-order valence-corrected chi connectivity index (χ4v) is 3.24. The van der Waals surface area contributed by atoms with Gasteiger partial charge in [-0.1, -0.05) is 6.07 Å². The van der Waals surface area contributed by atoms with E-state index in [9.17, 15) is 4.79 Å². The van der Waals surface area contributed by atoms with Gasteiger partial charge in [-0.2, -0.15) is 0 Å². The van der Waals surface area contributed by atoms with Crippen LogP contribution in [0, 0.1) is 0 Å². The van der Waals surface area contributed by atoms with Crippen LogP contribution >= 0.6 is 11.3 Å². The minimum Gasteiger partial charge on any atom is -0.493 e. The molecule has 0 aliphatic heterocycles. The van der Waals surface area contributed by atoms with Gasteiger partial charge in [-0.15, -0.1) is 21.5 Å². The predicted molar refractivity (Wildman–Crippen MR) is 102 cm³/mol. The first-order valence-electron chi connectivity index (χ1n) is 8.41. The van der Waals surface area contributed by atoms with Crippen LogP contribution < -0.4 is 14.2 Å². The number of methoxy groups -OCH3 is 3. The standard InChI is InChI=1S/C19H20N2O6S/c1-11(18-20-21-19(27-18)15-6-5-7-28-15)26-16(22)10-12-8-13(23-2)17(25-4)14(9-12)24-3/h5-9,11H,10H2,1-4H3/t11-/m0/s1. The molecule has 8 nitrogen and oxygen atoms in total. The molecule has 28 heavy (non-hydrogen) atoms. The van der Waals surface area contributed by atoms with Crippen LogP contribution in [0.25, 0.3) is 10.8 Å². The Bertz CT molecular complexity index is 913. The molecule has 148 valence electrons. The zero-order valence-electron chi connectivity index (χ0n) is 15.9. The van der Waals surface area contributed by atoms with Crippen molar-refractivity contribution in [3.63, 3.8) is 0 Å². The molecule has 2 aromatic heterocycles. The topological polar surface area (TPSA) is 92.9 Å². The number of benzene rings is 1. The van der Waals surface area contributed by atoms with Gasteiger partial charge in [0.2, 0.25) is 5.75 Å². The molecule has 9 heteroatoms. The van der Waals surface area contributed by atoms with Crippen molar-refractivity contribution in [1.29, 1.82) is 0 Å². The monoisotopic (exact) mass is 404 g/mol. The number of carbonyl (C=O) groups is 1. The van der Waals surface area contributed by atoms with E-state index in [1.54, 1.807) is 19.1 Å². The molecule has 0 saturated heterocycles. The molecule has 0 spiro atoms. The third kappa shape index (κ3) is 4.25. The van der Waals surface area contributed by atoms with Gasteiger partial charge in [-0.25, -0.2) is 0 Å². The van der Waals surface area contributed by atoms with Gasteiger partial charge in [0.15, 0.2) is 17.6 Å². The Morgan fingerprint density at radius 1 is 1.14 bits per heavy atom. The first-order chi connectivity index (χ1) is 13.5. The maximum atomic E-state index is 12.4. The minimum atomic E-state index is -0.671. The zero-order valence-corrected chi connectivity index (χ0v) is 16.7. The first kappa shape index (κ1) is 19.7. The molecule has 1 aromatic carbocycles. The fraction of sp³-hybridized carbons (Fsp3) is 0.316. The van der Waals surface area contributed by atoms with E-state index >= 15 is 0 Å². The summed E-state index contributed by atoms with van der Waals surface area (Å²) < 4.78 is 26.9. The highest BCUT2D eigenvalue weighted by Crippen LogP contribution is 2.38. The molecule has 0 bridgehead atoms. The fourth-order valence-electron chi connectivity index (χ4n) is 2.59. The summed E-state index contributed by atoms with van der Waals surface area (Å²) in [5.41, 5.74) is 0.663. The summed E-state index contributed by atoms with van der Waals surface area (Å²) >= 11 is 1.49. The molecule has 0 saturated carbocycles. The molecule has 0 radical (unpaired) electrons. The number of hydrogen-bond donors (Lipinski definition) is 0. The number of esters is 1. The Hall–Kier alpha value is -3.07. The van der Waals surface area contributed by atoms with E-state index in [0.29, 0.717) is 28.7 Å². The van der Waals surface area contributed by atoms with Crippen molar-refractivity contribution in [3.05, 3.63) is 41.1 Å². The summed E-state index contributed by atoms with van der Waals surface area (Å²) in [5, 5.41) is 9.87. The van der Waals surface area contributed by atoms with Crippen LogP contribution in [0.15, 0.2) is 34.1 Å². The van der Waals surface area contributed by atoms with Crippen LogP contribution in [-0.4, -0.2) is 37.5 Å². The Labute approximate surface area is 166 Å². The van der Waals surface area contributed by atoms with E-state index in [4.69, 9.17) is 23.4 Å². The van der Waals surface area contributed by atoms with Crippen molar-refractivity contribution in [2.75, 3.05) is 21.3 Å². The van der Waals surface area contributed by atoms with Crippen LogP contribution in [-0.2, 0) is 16.0 Å². The zero-order chi connectivity index (χ0) is 20.1. The van der Waals surface area contributed by atoms with Gasteiger partial charge < -0.3 is 23.4 Å². The largest absolute Gasteiger partial charge is 0.493 e. The number of thiophene rings is 1. The number of rotatable bonds is 8. The van der Waals surface area contributed by atoms with E-state index < -0.39 is 12.1 Å². The molecule has 0 amide bonds. The number of nitrogens with zero attached hydrogens (tertiary/aromatic N) is 2. The molecule has 0 aliphatic rings. The Balaban J connectivity index is 1.68. The second-order valence-electron chi connectivity index (χ2n) is 5.77.